The summed E-state index contributed by atoms with van der Waals surface area (Å²) in [5, 5.41) is 19.3. The second kappa shape index (κ2) is 5.07. The Hall–Kier alpha value is -2.02. The third-order valence-corrected chi connectivity index (χ3v) is 3.27. The third-order valence-electron chi connectivity index (χ3n) is 3.27. The van der Waals surface area contributed by atoms with Gasteiger partial charge in [0.1, 0.15) is 12.2 Å². The molecule has 21 heavy (non-hydrogen) atoms. The lowest BCUT2D eigenvalue weighted by Crippen LogP contribution is -2.45. The van der Waals surface area contributed by atoms with Crippen LogP contribution in [-0.2, 0) is 4.74 Å². The fourth-order valence-corrected chi connectivity index (χ4v) is 2.14. The number of nitrogens with zero attached hydrogens (tertiary/aromatic N) is 2. The highest BCUT2D eigenvalue weighted by molar-refractivity contribution is 5.27. The molecule has 1 aliphatic heterocycles. The Morgan fingerprint density at radius 3 is 2.86 bits per heavy atom. The van der Waals surface area contributed by atoms with Crippen LogP contribution in [0.25, 0.3) is 0 Å². The minimum atomic E-state index is -2.84. The predicted octanol–water partition coefficient (Wildman–Crippen LogP) is -1.05. The number of hydrogen-bond donors (Lipinski definition) is 3. The summed E-state index contributed by atoms with van der Waals surface area (Å²) in [6.07, 6.45) is -0.749. The second-order valence-electron chi connectivity index (χ2n) is 4.71. The summed E-state index contributed by atoms with van der Waals surface area (Å²) in [4.78, 5) is 14.9. The number of halogens is 2. The molecule has 1 unspecified atom stereocenters. The quantitative estimate of drug-likeness (QED) is 0.601. The number of nitrogens with two attached hydrogens (primary N) is 1. The van der Waals surface area contributed by atoms with Crippen LogP contribution in [-0.4, -0.2) is 43.7 Å². The molecule has 0 radical (unpaired) electrons. The highest BCUT2D eigenvalue weighted by Gasteiger charge is 2.59. The van der Waals surface area contributed by atoms with Crippen LogP contribution in [0.15, 0.2) is 11.0 Å². The number of rotatable bonds is 2. The molecule has 1 aromatic rings. The summed E-state index contributed by atoms with van der Waals surface area (Å²) >= 11 is 0. The first-order valence-corrected chi connectivity index (χ1v) is 5.94. The van der Waals surface area contributed by atoms with E-state index in [-0.39, 0.29) is 0 Å². The summed E-state index contributed by atoms with van der Waals surface area (Å²) in [6, 6.07) is 0. The largest absolute Gasteiger partial charge is 0.391 e. The molecule has 0 amide bonds. The Labute approximate surface area is 118 Å². The van der Waals surface area contributed by atoms with Gasteiger partial charge < -0.3 is 20.7 Å². The van der Waals surface area contributed by atoms with Gasteiger partial charge in [0.05, 0.1) is 12.3 Å². The number of nitrogen functional groups attached to an aromatic ring is 1. The van der Waals surface area contributed by atoms with Gasteiger partial charge in [-0.1, -0.05) is 5.92 Å². The number of alkyl halides is 1. The van der Waals surface area contributed by atoms with Gasteiger partial charge in [0.15, 0.2) is 17.9 Å². The van der Waals surface area contributed by atoms with Crippen molar-refractivity contribution in [3.8, 4) is 12.3 Å². The van der Waals surface area contributed by atoms with E-state index >= 15 is 0 Å². The van der Waals surface area contributed by atoms with Gasteiger partial charge in [-0.15, -0.1) is 6.42 Å². The molecule has 114 valence electrons. The molecule has 0 spiro atoms. The lowest BCUT2D eigenvalue weighted by Gasteiger charge is -2.23. The monoisotopic (exact) mass is 301 g/mol. The van der Waals surface area contributed by atoms with Crippen LogP contribution in [0.3, 0.4) is 0 Å². The van der Waals surface area contributed by atoms with Gasteiger partial charge in [-0.3, -0.25) is 4.57 Å². The molecule has 2 heterocycles. The molecule has 0 aromatic carbocycles. The number of anilines is 1. The molecule has 1 aliphatic rings. The first-order valence-electron chi connectivity index (χ1n) is 5.94. The Kier molecular flexibility index (Phi) is 3.71. The summed E-state index contributed by atoms with van der Waals surface area (Å²) in [5.74, 6) is -0.0457. The number of terminal acetylenes is 1. The van der Waals surface area contributed by atoms with E-state index in [2.05, 4.69) is 4.98 Å². The third kappa shape index (κ3) is 2.27. The molecule has 0 bridgehead atoms. The van der Waals surface area contributed by atoms with Crippen LogP contribution in [0.5, 0.6) is 0 Å². The highest BCUT2D eigenvalue weighted by atomic mass is 19.1. The molecule has 7 nitrogen and oxygen atoms in total. The summed E-state index contributed by atoms with van der Waals surface area (Å²) in [5.41, 5.74) is 1.19. The number of aliphatic hydroxyl groups excluding tert-OH is 2. The molecule has 2 rings (SSSR count). The van der Waals surface area contributed by atoms with Crippen molar-refractivity contribution < 1.29 is 23.7 Å². The maximum atomic E-state index is 14.7. The molecule has 0 saturated carbocycles. The summed E-state index contributed by atoms with van der Waals surface area (Å²) < 4.78 is 33.7. The Bertz CT molecular complexity index is 657. The van der Waals surface area contributed by atoms with Crippen molar-refractivity contribution in [1.29, 1.82) is 0 Å². The van der Waals surface area contributed by atoms with Crippen molar-refractivity contribution in [2.75, 3.05) is 5.73 Å². The van der Waals surface area contributed by atoms with E-state index < -0.39 is 47.5 Å². The molecule has 1 aromatic heterocycles. The predicted molar refractivity (Wildman–Crippen MR) is 67.1 cm³/mol. The van der Waals surface area contributed by atoms with Gasteiger partial charge in [0.2, 0.25) is 5.67 Å². The van der Waals surface area contributed by atoms with Gasteiger partial charge in [0, 0.05) is 0 Å². The van der Waals surface area contributed by atoms with Crippen LogP contribution in [0.1, 0.15) is 13.2 Å². The fraction of sp³-hybridized carbons (Fsp3) is 0.500. The van der Waals surface area contributed by atoms with E-state index in [9.17, 15) is 23.8 Å². The van der Waals surface area contributed by atoms with Crippen molar-refractivity contribution in [2.24, 2.45) is 0 Å². The zero-order chi connectivity index (χ0) is 15.9. The van der Waals surface area contributed by atoms with Gasteiger partial charge in [-0.25, -0.2) is 13.6 Å². The number of aliphatic hydroxyl groups is 2. The normalized spacial score (nSPS) is 33.6. The molecule has 5 atom stereocenters. The second-order valence-corrected chi connectivity index (χ2v) is 4.71. The Morgan fingerprint density at radius 1 is 1.71 bits per heavy atom. The zero-order valence-electron chi connectivity index (χ0n) is 10.9. The van der Waals surface area contributed by atoms with Crippen LogP contribution in [0, 0.1) is 18.2 Å². The van der Waals surface area contributed by atoms with Crippen LogP contribution in [0.4, 0.5) is 14.6 Å². The van der Waals surface area contributed by atoms with Crippen molar-refractivity contribution >= 4 is 5.82 Å². The van der Waals surface area contributed by atoms with Gasteiger partial charge >= 0.3 is 5.69 Å². The molecular formula is C12H13F2N3O4. The smallest absolute Gasteiger partial charge is 0.351 e. The van der Waals surface area contributed by atoms with E-state index in [1.807, 2.05) is 0 Å². The van der Waals surface area contributed by atoms with Crippen molar-refractivity contribution in [3.63, 3.8) is 0 Å². The first-order chi connectivity index (χ1) is 9.72. The number of aromatic nitrogens is 2. The first kappa shape index (κ1) is 15.4. The maximum Gasteiger partial charge on any atom is 0.351 e. The number of ether oxygens (including phenoxy) is 1. The lowest BCUT2D eigenvalue weighted by atomic mass is 9.95. The summed E-state index contributed by atoms with van der Waals surface area (Å²) in [6.45, 7) is 1.25. The van der Waals surface area contributed by atoms with Crippen LogP contribution < -0.4 is 11.4 Å². The SMILES string of the molecule is C#C[C@@]1(F)C(O)[C@@H]([C@@H](C)O)O[C@H]1n1cc(F)c(N)nc1=O. The van der Waals surface area contributed by atoms with Crippen molar-refractivity contribution in [1.82, 2.24) is 9.55 Å². The topological polar surface area (TPSA) is 111 Å². The highest BCUT2D eigenvalue weighted by Crippen LogP contribution is 2.41. The molecule has 1 saturated heterocycles. The minimum absolute atomic E-state index is 0.456. The van der Waals surface area contributed by atoms with Crippen LogP contribution in [0.2, 0.25) is 0 Å². The standard InChI is InChI=1S/C12H13F2N3O4/c1-3-12(14)8(19)7(5(2)18)21-10(12)17-4-6(13)9(15)16-11(17)20/h1,4-5,7-8,10,18-19H,2H3,(H2,15,16,20)/t5-,7-,8?,10-,12-/m1/s1. The van der Waals surface area contributed by atoms with E-state index in [1.54, 1.807) is 5.92 Å². The molecule has 9 heteroatoms. The Balaban J connectivity index is 2.56. The van der Waals surface area contributed by atoms with Gasteiger partial charge in [-0.05, 0) is 6.92 Å². The van der Waals surface area contributed by atoms with Crippen molar-refractivity contribution in [2.45, 2.75) is 37.1 Å². The fourth-order valence-electron chi connectivity index (χ4n) is 2.14. The maximum absolute atomic E-state index is 14.7. The van der Waals surface area contributed by atoms with Gasteiger partial charge in [0.25, 0.3) is 0 Å². The molecule has 1 fully saturated rings. The van der Waals surface area contributed by atoms with E-state index in [1.165, 1.54) is 6.92 Å². The molecule has 0 aliphatic carbocycles. The lowest BCUT2D eigenvalue weighted by molar-refractivity contribution is -0.0805. The van der Waals surface area contributed by atoms with E-state index in [0.717, 1.165) is 0 Å². The zero-order valence-corrected chi connectivity index (χ0v) is 10.9. The summed E-state index contributed by atoms with van der Waals surface area (Å²) in [7, 11) is 0. The number of hydrogen-bond acceptors (Lipinski definition) is 6. The average Bonchev–Trinajstić information content (AvgIpc) is 2.68. The molecular weight excluding hydrogens is 288 g/mol. The Morgan fingerprint density at radius 2 is 2.33 bits per heavy atom. The van der Waals surface area contributed by atoms with E-state index in [4.69, 9.17) is 16.9 Å². The minimum Gasteiger partial charge on any atom is -0.391 e. The van der Waals surface area contributed by atoms with Crippen LogP contribution >= 0.6 is 0 Å². The van der Waals surface area contributed by atoms with E-state index in [0.29, 0.717) is 10.8 Å². The molecule has 4 N–H and O–H groups in total. The van der Waals surface area contributed by atoms with Crippen molar-refractivity contribution in [3.05, 3.63) is 22.5 Å². The average molecular weight is 301 g/mol. The van der Waals surface area contributed by atoms with Gasteiger partial charge in [-0.2, -0.15) is 4.98 Å².